The Bertz CT molecular complexity index is 991. The Balaban J connectivity index is 1.67. The highest BCUT2D eigenvalue weighted by Crippen LogP contribution is 2.44. The molecule has 4 rings (SSSR count). The molecular formula is C21H21F3N4OS. The van der Waals surface area contributed by atoms with Crippen LogP contribution in [-0.2, 0) is 6.18 Å². The first-order valence-electron chi connectivity index (χ1n) is 9.73. The molecule has 0 fully saturated rings. The maximum atomic E-state index is 13.8. The molecule has 0 unspecified atom stereocenters. The molecule has 0 atom stereocenters. The van der Waals surface area contributed by atoms with E-state index in [9.17, 15) is 13.2 Å². The molecule has 2 aliphatic heterocycles. The van der Waals surface area contributed by atoms with Gasteiger partial charge < -0.3 is 14.4 Å². The van der Waals surface area contributed by atoms with E-state index in [-0.39, 0.29) is 11.4 Å². The molecule has 2 heterocycles. The lowest BCUT2D eigenvalue weighted by atomic mass is 10.1. The molecule has 2 aromatic carbocycles. The molecule has 0 amide bonds. The molecule has 30 heavy (non-hydrogen) atoms. The van der Waals surface area contributed by atoms with Gasteiger partial charge in [-0.3, -0.25) is 4.99 Å². The molecule has 0 bridgehead atoms. The van der Waals surface area contributed by atoms with Gasteiger partial charge in [-0.2, -0.15) is 13.2 Å². The third kappa shape index (κ3) is 4.26. The number of rotatable bonds is 6. The van der Waals surface area contributed by atoms with Gasteiger partial charge in [-0.1, -0.05) is 24.9 Å². The molecule has 0 saturated heterocycles. The lowest BCUT2D eigenvalue weighted by molar-refractivity contribution is -0.137. The summed E-state index contributed by atoms with van der Waals surface area (Å²) >= 11 is 1.24. The fourth-order valence-electron chi connectivity index (χ4n) is 3.33. The molecule has 1 N–H and O–H groups in total. The second kappa shape index (κ2) is 8.59. The standard InChI is InChI=1S/C21H21F3N4OS/c1-2-11-30-27-17-5-3-6-18(19(17)21(22,23)24)29-14-7-8-16-15(12-14)20-25-9-4-10-28(20)13-26-16/h3,5-8,12-13,27H,2,4,9-11H2,1H3. The van der Waals surface area contributed by atoms with E-state index in [1.54, 1.807) is 30.6 Å². The average Bonchev–Trinajstić information content (AvgIpc) is 2.73. The van der Waals surface area contributed by atoms with Gasteiger partial charge >= 0.3 is 6.18 Å². The van der Waals surface area contributed by atoms with Crippen molar-refractivity contribution in [3.05, 3.63) is 47.5 Å². The quantitative estimate of drug-likeness (QED) is 0.441. The minimum Gasteiger partial charge on any atom is -0.457 e. The SMILES string of the molecule is CCCSNc1cccc(Oc2ccc3c(c2)C2=NCCCN2C=N3)c1C(F)(F)F. The van der Waals surface area contributed by atoms with E-state index in [0.717, 1.165) is 36.5 Å². The van der Waals surface area contributed by atoms with Gasteiger partial charge in [-0.15, -0.1) is 0 Å². The van der Waals surface area contributed by atoms with Crippen LogP contribution in [0, 0.1) is 0 Å². The van der Waals surface area contributed by atoms with Crippen LogP contribution in [0.25, 0.3) is 0 Å². The third-order valence-electron chi connectivity index (χ3n) is 4.66. The Morgan fingerprint density at radius 2 is 2.10 bits per heavy atom. The number of ether oxygens (including phenoxy) is 1. The monoisotopic (exact) mass is 434 g/mol. The van der Waals surface area contributed by atoms with Gasteiger partial charge in [0, 0.05) is 24.4 Å². The highest BCUT2D eigenvalue weighted by molar-refractivity contribution is 8.00. The lowest BCUT2D eigenvalue weighted by Crippen LogP contribution is -2.36. The Hall–Kier alpha value is -2.68. The summed E-state index contributed by atoms with van der Waals surface area (Å²) in [4.78, 5) is 10.9. The van der Waals surface area contributed by atoms with E-state index in [2.05, 4.69) is 14.7 Å². The fraction of sp³-hybridized carbons (Fsp3) is 0.333. The van der Waals surface area contributed by atoms with Crippen LogP contribution >= 0.6 is 11.9 Å². The maximum absolute atomic E-state index is 13.8. The zero-order valence-corrected chi connectivity index (χ0v) is 17.2. The minimum atomic E-state index is -4.56. The number of nitrogens with one attached hydrogen (secondary N) is 1. The van der Waals surface area contributed by atoms with E-state index in [1.165, 1.54) is 24.1 Å². The number of fused-ring (bicyclic) bond motifs is 3. The normalized spacial score (nSPS) is 15.3. The molecule has 0 aromatic heterocycles. The zero-order valence-electron chi connectivity index (χ0n) is 16.4. The van der Waals surface area contributed by atoms with Crippen molar-refractivity contribution in [3.8, 4) is 11.5 Å². The number of halogens is 3. The molecule has 0 aliphatic carbocycles. The smallest absolute Gasteiger partial charge is 0.422 e. The Labute approximate surface area is 177 Å². The first-order chi connectivity index (χ1) is 14.5. The molecule has 158 valence electrons. The van der Waals surface area contributed by atoms with Crippen LogP contribution in [0.5, 0.6) is 11.5 Å². The summed E-state index contributed by atoms with van der Waals surface area (Å²) in [5.74, 6) is 1.54. The molecule has 2 aliphatic rings. The van der Waals surface area contributed by atoms with Crippen LogP contribution in [0.1, 0.15) is 30.9 Å². The summed E-state index contributed by atoms with van der Waals surface area (Å²) in [5, 5.41) is 0. The predicted molar refractivity (Wildman–Crippen MR) is 115 cm³/mol. The summed E-state index contributed by atoms with van der Waals surface area (Å²) in [5.41, 5.74) is 0.655. The van der Waals surface area contributed by atoms with E-state index < -0.39 is 11.7 Å². The van der Waals surface area contributed by atoms with Crippen molar-refractivity contribution in [3.63, 3.8) is 0 Å². The van der Waals surface area contributed by atoms with E-state index >= 15 is 0 Å². The van der Waals surface area contributed by atoms with Crippen molar-refractivity contribution >= 4 is 35.5 Å². The highest BCUT2D eigenvalue weighted by atomic mass is 32.2. The van der Waals surface area contributed by atoms with Gasteiger partial charge in [-0.05, 0) is 43.2 Å². The number of benzene rings is 2. The largest absolute Gasteiger partial charge is 0.457 e. The van der Waals surface area contributed by atoms with Crippen molar-refractivity contribution in [2.45, 2.75) is 25.9 Å². The number of anilines is 1. The Morgan fingerprint density at radius 1 is 1.23 bits per heavy atom. The van der Waals surface area contributed by atoms with Crippen molar-refractivity contribution in [2.24, 2.45) is 9.98 Å². The first-order valence-corrected chi connectivity index (χ1v) is 10.7. The van der Waals surface area contributed by atoms with Gasteiger partial charge in [0.05, 0.1) is 17.7 Å². The summed E-state index contributed by atoms with van der Waals surface area (Å²) in [7, 11) is 0. The van der Waals surface area contributed by atoms with Gasteiger partial charge in [0.25, 0.3) is 0 Å². The number of hydrogen-bond acceptors (Lipinski definition) is 6. The van der Waals surface area contributed by atoms with Crippen LogP contribution in [0.3, 0.4) is 0 Å². The van der Waals surface area contributed by atoms with Crippen LogP contribution < -0.4 is 9.46 Å². The maximum Gasteiger partial charge on any atom is 0.422 e. The van der Waals surface area contributed by atoms with Gasteiger partial charge in [0.2, 0.25) is 0 Å². The van der Waals surface area contributed by atoms with E-state index in [0.29, 0.717) is 18.0 Å². The average molecular weight is 434 g/mol. The summed E-state index contributed by atoms with van der Waals surface area (Å²) in [6, 6.07) is 9.36. The van der Waals surface area contributed by atoms with Crippen LogP contribution in [0.4, 0.5) is 24.5 Å². The zero-order chi connectivity index (χ0) is 21.1. The van der Waals surface area contributed by atoms with Crippen molar-refractivity contribution < 1.29 is 17.9 Å². The second-order valence-electron chi connectivity index (χ2n) is 6.90. The molecule has 0 spiro atoms. The molecule has 0 saturated carbocycles. The Kier molecular flexibility index (Phi) is 5.90. The first kappa shape index (κ1) is 20.6. The highest BCUT2D eigenvalue weighted by Gasteiger charge is 2.37. The molecule has 9 heteroatoms. The van der Waals surface area contributed by atoms with Gasteiger partial charge in [0.1, 0.15) is 22.9 Å². The molecule has 5 nitrogen and oxygen atoms in total. The molecular weight excluding hydrogens is 413 g/mol. The fourth-order valence-corrected chi connectivity index (χ4v) is 3.96. The third-order valence-corrected chi connectivity index (χ3v) is 5.64. The Morgan fingerprint density at radius 3 is 2.90 bits per heavy atom. The number of aliphatic imine (C=N–C) groups is 2. The number of amidine groups is 1. The van der Waals surface area contributed by atoms with Gasteiger partial charge in [-0.25, -0.2) is 4.99 Å². The molecule has 0 radical (unpaired) electrons. The lowest BCUT2D eigenvalue weighted by Gasteiger charge is -2.29. The topological polar surface area (TPSA) is 49.2 Å². The van der Waals surface area contributed by atoms with Crippen LogP contribution in [0.15, 0.2) is 46.4 Å². The van der Waals surface area contributed by atoms with Crippen molar-refractivity contribution in [2.75, 3.05) is 23.6 Å². The minimum absolute atomic E-state index is 0.0103. The van der Waals surface area contributed by atoms with Crippen molar-refractivity contribution in [1.82, 2.24) is 4.90 Å². The number of alkyl halides is 3. The number of nitrogens with zero attached hydrogens (tertiary/aromatic N) is 3. The summed E-state index contributed by atoms with van der Waals surface area (Å²) in [6.45, 7) is 3.50. The molecule has 2 aromatic rings. The van der Waals surface area contributed by atoms with Crippen molar-refractivity contribution in [1.29, 1.82) is 0 Å². The van der Waals surface area contributed by atoms with E-state index in [1.807, 2.05) is 11.8 Å². The van der Waals surface area contributed by atoms with Crippen LogP contribution in [-0.4, -0.2) is 35.9 Å². The second-order valence-corrected chi connectivity index (χ2v) is 7.81. The predicted octanol–water partition coefficient (Wildman–Crippen LogP) is 6.09. The van der Waals surface area contributed by atoms with Crippen LogP contribution in [0.2, 0.25) is 0 Å². The summed E-state index contributed by atoms with van der Waals surface area (Å²) < 4.78 is 50.1. The summed E-state index contributed by atoms with van der Waals surface area (Å²) in [6.07, 6.45) is -1.03. The van der Waals surface area contributed by atoms with E-state index in [4.69, 9.17) is 4.74 Å². The number of hydrogen-bond donors (Lipinski definition) is 1. The van der Waals surface area contributed by atoms with Gasteiger partial charge in [0.15, 0.2) is 0 Å².